The van der Waals surface area contributed by atoms with E-state index in [1.807, 2.05) is 36.7 Å². The summed E-state index contributed by atoms with van der Waals surface area (Å²) < 4.78 is 1.61. The highest BCUT2D eigenvalue weighted by molar-refractivity contribution is 7.99. The van der Waals surface area contributed by atoms with Crippen molar-refractivity contribution >= 4 is 44.7 Å². The summed E-state index contributed by atoms with van der Waals surface area (Å²) in [5.41, 5.74) is 0.567. The van der Waals surface area contributed by atoms with Gasteiger partial charge in [-0.25, -0.2) is 14.9 Å². The van der Waals surface area contributed by atoms with Gasteiger partial charge in [0.1, 0.15) is 10.7 Å². The highest BCUT2D eigenvalue weighted by atomic mass is 32.2. The molecule has 0 radical (unpaired) electrons. The predicted molar refractivity (Wildman–Crippen MR) is 111 cm³/mol. The molecule has 4 aromatic heterocycles. The topological polar surface area (TPSA) is 96.4 Å². The molecule has 0 unspecified atom stereocenters. The van der Waals surface area contributed by atoms with Crippen molar-refractivity contribution in [2.24, 2.45) is 0 Å². The summed E-state index contributed by atoms with van der Waals surface area (Å²) in [6, 6.07) is 3.97. The standard InChI is InChI=1S/C17H17N5O2S3/c1-3-6-22-16(24)20-21-17(22)27-9(2)13-18-14(23)12-10(8-26-15(12)19-13)11-5-4-7-25-11/h4-5,7-9H,3,6H2,1-2H3,(H,20,24)(H,18,19,23)/t9-/m0/s1. The number of hydrogen-bond donors (Lipinski definition) is 2. The van der Waals surface area contributed by atoms with E-state index in [1.165, 1.54) is 23.1 Å². The fourth-order valence-electron chi connectivity index (χ4n) is 2.80. The Balaban J connectivity index is 1.68. The molecule has 7 nitrogen and oxygen atoms in total. The molecular weight excluding hydrogens is 402 g/mol. The van der Waals surface area contributed by atoms with Crippen molar-refractivity contribution in [2.45, 2.75) is 37.2 Å². The molecule has 4 rings (SSSR count). The van der Waals surface area contributed by atoms with E-state index < -0.39 is 0 Å². The SMILES string of the molecule is CCCn1c(S[C@@H](C)c2nc3scc(-c4cccs4)c3c(=O)[nH]2)n[nH]c1=O. The van der Waals surface area contributed by atoms with Crippen LogP contribution in [0.2, 0.25) is 0 Å². The van der Waals surface area contributed by atoms with E-state index in [9.17, 15) is 9.59 Å². The van der Waals surface area contributed by atoms with E-state index in [0.717, 1.165) is 21.7 Å². The molecule has 10 heteroatoms. The quantitative estimate of drug-likeness (QED) is 0.463. The molecule has 140 valence electrons. The molecule has 0 fully saturated rings. The number of H-pyrrole nitrogens is 2. The summed E-state index contributed by atoms with van der Waals surface area (Å²) in [6.07, 6.45) is 0.836. The highest BCUT2D eigenvalue weighted by Crippen LogP contribution is 2.35. The molecule has 0 aromatic carbocycles. The fraction of sp³-hybridized carbons (Fsp3) is 0.294. The van der Waals surface area contributed by atoms with Crippen LogP contribution in [0.15, 0.2) is 37.6 Å². The van der Waals surface area contributed by atoms with Crippen LogP contribution in [0.4, 0.5) is 0 Å². The van der Waals surface area contributed by atoms with E-state index in [1.54, 1.807) is 15.9 Å². The lowest BCUT2D eigenvalue weighted by Crippen LogP contribution is -2.17. The monoisotopic (exact) mass is 419 g/mol. The Morgan fingerprint density at radius 1 is 1.33 bits per heavy atom. The maximum absolute atomic E-state index is 12.7. The third-order valence-corrected chi connectivity index (χ3v) is 6.96. The van der Waals surface area contributed by atoms with Crippen LogP contribution in [0.5, 0.6) is 0 Å². The Morgan fingerprint density at radius 2 is 2.19 bits per heavy atom. The zero-order valence-corrected chi connectivity index (χ0v) is 17.1. The number of aromatic amines is 2. The summed E-state index contributed by atoms with van der Waals surface area (Å²) in [4.78, 5) is 34.0. The maximum Gasteiger partial charge on any atom is 0.343 e. The number of thiophene rings is 2. The van der Waals surface area contributed by atoms with Gasteiger partial charge in [0.2, 0.25) is 0 Å². The number of nitrogens with one attached hydrogen (secondary N) is 2. The van der Waals surface area contributed by atoms with Crippen molar-refractivity contribution in [3.63, 3.8) is 0 Å². The van der Waals surface area contributed by atoms with Crippen LogP contribution in [0, 0.1) is 0 Å². The van der Waals surface area contributed by atoms with Gasteiger partial charge < -0.3 is 4.98 Å². The average Bonchev–Trinajstić information content (AvgIpc) is 3.37. The van der Waals surface area contributed by atoms with Gasteiger partial charge in [-0.05, 0) is 24.8 Å². The van der Waals surface area contributed by atoms with Crippen LogP contribution in [-0.2, 0) is 6.54 Å². The van der Waals surface area contributed by atoms with Crippen molar-refractivity contribution in [1.29, 1.82) is 0 Å². The minimum atomic E-state index is -0.220. The minimum Gasteiger partial charge on any atom is -0.309 e. The molecule has 27 heavy (non-hydrogen) atoms. The van der Waals surface area contributed by atoms with Crippen LogP contribution >= 0.6 is 34.4 Å². The number of aromatic nitrogens is 5. The average molecular weight is 420 g/mol. The van der Waals surface area contributed by atoms with Gasteiger partial charge in [0, 0.05) is 22.4 Å². The van der Waals surface area contributed by atoms with E-state index in [2.05, 4.69) is 20.2 Å². The van der Waals surface area contributed by atoms with E-state index in [4.69, 9.17) is 0 Å². The zero-order chi connectivity index (χ0) is 19.0. The van der Waals surface area contributed by atoms with Crippen LogP contribution in [-0.4, -0.2) is 24.7 Å². The highest BCUT2D eigenvalue weighted by Gasteiger charge is 2.19. The van der Waals surface area contributed by atoms with Gasteiger partial charge in [0.25, 0.3) is 5.56 Å². The molecule has 0 saturated carbocycles. The van der Waals surface area contributed by atoms with Crippen LogP contribution < -0.4 is 11.2 Å². The third kappa shape index (κ3) is 3.40. The molecule has 1 atom stereocenters. The first-order chi connectivity index (χ1) is 13.1. The van der Waals surface area contributed by atoms with Gasteiger partial charge >= 0.3 is 5.69 Å². The first-order valence-electron chi connectivity index (χ1n) is 8.45. The van der Waals surface area contributed by atoms with Gasteiger partial charge in [0.05, 0.1) is 10.6 Å². The second-order valence-electron chi connectivity index (χ2n) is 5.98. The molecule has 0 bridgehead atoms. The minimum absolute atomic E-state index is 0.139. The lowest BCUT2D eigenvalue weighted by Gasteiger charge is -2.10. The van der Waals surface area contributed by atoms with Crippen molar-refractivity contribution in [2.75, 3.05) is 0 Å². The lowest BCUT2D eigenvalue weighted by molar-refractivity contribution is 0.602. The van der Waals surface area contributed by atoms with Crippen molar-refractivity contribution in [3.8, 4) is 10.4 Å². The second-order valence-corrected chi connectivity index (χ2v) is 9.09. The zero-order valence-electron chi connectivity index (χ0n) is 14.7. The molecule has 2 N–H and O–H groups in total. The Kier molecular flexibility index (Phi) is 5.02. The van der Waals surface area contributed by atoms with Gasteiger partial charge in [-0.1, -0.05) is 24.8 Å². The van der Waals surface area contributed by atoms with Crippen LogP contribution in [0.3, 0.4) is 0 Å². The number of nitrogens with zero attached hydrogens (tertiary/aromatic N) is 3. The first kappa shape index (κ1) is 18.2. The molecule has 0 spiro atoms. The third-order valence-electron chi connectivity index (χ3n) is 4.09. The summed E-state index contributed by atoms with van der Waals surface area (Å²) >= 11 is 4.47. The summed E-state index contributed by atoms with van der Waals surface area (Å²) in [7, 11) is 0. The maximum atomic E-state index is 12.7. The molecule has 0 aliphatic carbocycles. The van der Waals surface area contributed by atoms with Gasteiger partial charge in [-0.2, -0.15) is 0 Å². The van der Waals surface area contributed by atoms with Gasteiger partial charge in [-0.3, -0.25) is 9.36 Å². The summed E-state index contributed by atoms with van der Waals surface area (Å²) in [5.74, 6) is 0.579. The molecule has 0 saturated heterocycles. The van der Waals surface area contributed by atoms with Crippen LogP contribution in [0.25, 0.3) is 20.7 Å². The van der Waals surface area contributed by atoms with E-state index in [0.29, 0.717) is 22.9 Å². The summed E-state index contributed by atoms with van der Waals surface area (Å²) in [6.45, 7) is 4.55. The molecule has 0 aliphatic heterocycles. The van der Waals surface area contributed by atoms with E-state index >= 15 is 0 Å². The molecule has 4 aromatic rings. The molecule has 0 aliphatic rings. The fourth-order valence-corrected chi connectivity index (χ4v) is 5.51. The predicted octanol–water partition coefficient (Wildman–Crippen LogP) is 3.86. The van der Waals surface area contributed by atoms with Crippen molar-refractivity contribution in [3.05, 3.63) is 49.6 Å². The summed E-state index contributed by atoms with van der Waals surface area (Å²) in [5, 5.41) is 11.6. The Morgan fingerprint density at radius 3 is 2.93 bits per heavy atom. The van der Waals surface area contributed by atoms with Crippen LogP contribution in [0.1, 0.15) is 31.3 Å². The molecular formula is C17H17N5O2S3. The second kappa shape index (κ2) is 7.45. The number of fused-ring (bicyclic) bond motifs is 1. The number of rotatable bonds is 6. The Bertz CT molecular complexity index is 1190. The molecule has 0 amide bonds. The van der Waals surface area contributed by atoms with Gasteiger partial charge in [-0.15, -0.1) is 27.8 Å². The first-order valence-corrected chi connectivity index (χ1v) is 11.1. The number of thioether (sulfide) groups is 1. The number of hydrogen-bond acceptors (Lipinski definition) is 7. The Labute approximate surface area is 166 Å². The van der Waals surface area contributed by atoms with Gasteiger partial charge in [0.15, 0.2) is 5.16 Å². The lowest BCUT2D eigenvalue weighted by atomic mass is 10.2. The largest absolute Gasteiger partial charge is 0.343 e. The van der Waals surface area contributed by atoms with Crippen molar-refractivity contribution in [1.82, 2.24) is 24.7 Å². The smallest absolute Gasteiger partial charge is 0.309 e. The van der Waals surface area contributed by atoms with E-state index in [-0.39, 0.29) is 16.5 Å². The molecule has 4 heterocycles. The Hall–Kier alpha value is -2.17. The normalized spacial score (nSPS) is 12.7. The van der Waals surface area contributed by atoms with Crippen molar-refractivity contribution < 1.29 is 0 Å².